The summed E-state index contributed by atoms with van der Waals surface area (Å²) in [7, 11) is 0.839. The smallest absolute Gasteiger partial charge is 0.258 e. The number of nitrogens with zero attached hydrogens (tertiary/aromatic N) is 1. The molecule has 1 heterocycles. The number of hydrogen-bond donors (Lipinski definition) is 3. The predicted octanol–water partition coefficient (Wildman–Crippen LogP) is 2.40. The Bertz CT molecular complexity index is 1240. The summed E-state index contributed by atoms with van der Waals surface area (Å²) in [6.07, 6.45) is 1.57. The zero-order chi connectivity index (χ0) is 25.0. The fourth-order valence-electron chi connectivity index (χ4n) is 3.62. The molecule has 1 aliphatic rings. The molecule has 2 amide bonds. The van der Waals surface area contributed by atoms with E-state index in [9.17, 15) is 18.0 Å². The Hall–Kier alpha value is -3.73. The molecule has 0 aliphatic carbocycles. The highest BCUT2D eigenvalue weighted by Crippen LogP contribution is 2.42. The van der Waals surface area contributed by atoms with Crippen LogP contribution in [-0.4, -0.2) is 54.3 Å². The molecular weight excluding hydrogens is 460 g/mol. The second kappa shape index (κ2) is 10.0. The Morgan fingerprint density at radius 3 is 2.24 bits per heavy atom. The molecule has 0 radical (unpaired) electrons. The average Bonchev–Trinajstić information content (AvgIpc) is 3.13. The van der Waals surface area contributed by atoms with Crippen molar-refractivity contribution in [3.8, 4) is 11.5 Å². The summed E-state index contributed by atoms with van der Waals surface area (Å²) in [5.41, 5.74) is 3.49. The Kier molecular flexibility index (Phi) is 7.35. The fraction of sp³-hybridized carbons (Fsp3) is 0.304. The minimum Gasteiger partial charge on any atom is -0.493 e. The van der Waals surface area contributed by atoms with Gasteiger partial charge in [0, 0.05) is 30.1 Å². The molecule has 0 fully saturated rings. The number of hydrogen-bond acceptors (Lipinski definition) is 7. The Morgan fingerprint density at radius 1 is 1.09 bits per heavy atom. The number of fused-ring (bicyclic) bond motifs is 1. The number of nitrogens with one attached hydrogen (secondary N) is 3. The molecule has 2 aromatic rings. The van der Waals surface area contributed by atoms with Gasteiger partial charge in [-0.2, -0.15) is 0 Å². The lowest BCUT2D eigenvalue weighted by Gasteiger charge is -2.22. The number of methoxy groups -OCH3 is 2. The highest BCUT2D eigenvalue weighted by molar-refractivity contribution is 7.92. The number of rotatable bonds is 9. The van der Waals surface area contributed by atoms with Gasteiger partial charge in [0.1, 0.15) is 6.54 Å². The van der Waals surface area contributed by atoms with Gasteiger partial charge in [0.2, 0.25) is 15.9 Å². The van der Waals surface area contributed by atoms with Crippen LogP contribution in [-0.2, 0) is 19.6 Å². The number of allylic oxidation sites excluding steroid dienone is 1. The zero-order valence-electron chi connectivity index (χ0n) is 19.7. The van der Waals surface area contributed by atoms with Crippen molar-refractivity contribution in [2.45, 2.75) is 13.3 Å². The van der Waals surface area contributed by atoms with Crippen molar-refractivity contribution in [1.82, 2.24) is 5.32 Å². The lowest BCUT2D eigenvalue weighted by Crippen LogP contribution is -2.39. The summed E-state index contributed by atoms with van der Waals surface area (Å²) in [6, 6.07) is 10.0. The van der Waals surface area contributed by atoms with Crippen molar-refractivity contribution in [3.05, 3.63) is 47.7 Å². The molecule has 2 aromatic carbocycles. The summed E-state index contributed by atoms with van der Waals surface area (Å²) < 4.78 is 36.1. The summed E-state index contributed by atoms with van der Waals surface area (Å²) >= 11 is 0. The van der Waals surface area contributed by atoms with Crippen LogP contribution in [0, 0.1) is 0 Å². The molecule has 10 nitrogen and oxygen atoms in total. The number of amides is 2. The number of ether oxygens (including phenoxy) is 2. The fourth-order valence-corrected chi connectivity index (χ4v) is 4.47. The van der Waals surface area contributed by atoms with Gasteiger partial charge in [0.25, 0.3) is 5.91 Å². The topological polar surface area (TPSA) is 126 Å². The molecule has 3 N–H and O–H groups in total. The Labute approximate surface area is 199 Å². The van der Waals surface area contributed by atoms with E-state index in [0.717, 1.165) is 10.6 Å². The van der Waals surface area contributed by atoms with Crippen LogP contribution >= 0.6 is 0 Å². The number of likely N-dealkylation sites (N-methyl/N-ethyl adjacent to an activating group) is 1. The van der Waals surface area contributed by atoms with E-state index in [0.29, 0.717) is 51.8 Å². The van der Waals surface area contributed by atoms with Gasteiger partial charge < -0.3 is 25.4 Å². The van der Waals surface area contributed by atoms with E-state index in [1.54, 1.807) is 36.4 Å². The molecule has 182 valence electrons. The predicted molar refractivity (Wildman–Crippen MR) is 132 cm³/mol. The largest absolute Gasteiger partial charge is 0.493 e. The molecule has 0 atom stereocenters. The summed E-state index contributed by atoms with van der Waals surface area (Å²) in [6.45, 7) is 1.60. The average molecular weight is 489 g/mol. The van der Waals surface area contributed by atoms with Crippen LogP contribution in [0.2, 0.25) is 0 Å². The Balaban J connectivity index is 1.95. The van der Waals surface area contributed by atoms with Crippen LogP contribution < -0.4 is 29.7 Å². The van der Waals surface area contributed by atoms with Crippen LogP contribution in [0.4, 0.5) is 17.1 Å². The number of anilines is 3. The first-order valence-corrected chi connectivity index (χ1v) is 12.3. The first-order chi connectivity index (χ1) is 16.1. The minimum absolute atomic E-state index is 0.250. The standard InChI is InChI=1S/C23H28N4O6S/c1-6-17(22-16-11-19(32-3)20(33-4)12-18(16)26-23(22)29)25-14-7-9-15(10-8-14)27(34(5,30)31)13-21(28)24-2/h7-12,25H,6,13H2,1-5H3,(H,24,28)(H,26,29). The van der Waals surface area contributed by atoms with E-state index in [2.05, 4.69) is 16.0 Å². The Morgan fingerprint density at radius 2 is 1.71 bits per heavy atom. The van der Waals surface area contributed by atoms with E-state index in [-0.39, 0.29) is 12.5 Å². The van der Waals surface area contributed by atoms with Crippen molar-refractivity contribution in [2.24, 2.45) is 0 Å². The zero-order valence-corrected chi connectivity index (χ0v) is 20.5. The SMILES string of the molecule is CCC(Nc1ccc(N(CC(=O)NC)S(C)(=O)=O)cc1)=C1C(=O)Nc2cc(OC)c(OC)cc21. The first-order valence-electron chi connectivity index (χ1n) is 10.5. The lowest BCUT2D eigenvalue weighted by atomic mass is 10.0. The second-order valence-corrected chi connectivity index (χ2v) is 9.44. The molecule has 34 heavy (non-hydrogen) atoms. The summed E-state index contributed by atoms with van der Waals surface area (Å²) in [5, 5.41) is 8.54. The normalized spacial score (nSPS) is 14.1. The maximum atomic E-state index is 12.8. The van der Waals surface area contributed by atoms with Crippen LogP contribution in [0.25, 0.3) is 5.57 Å². The molecule has 0 aromatic heterocycles. The van der Waals surface area contributed by atoms with Gasteiger partial charge in [-0.25, -0.2) is 8.42 Å². The van der Waals surface area contributed by atoms with Crippen molar-refractivity contribution in [1.29, 1.82) is 0 Å². The number of benzene rings is 2. The van der Waals surface area contributed by atoms with Gasteiger partial charge in [0.15, 0.2) is 11.5 Å². The molecule has 0 saturated heterocycles. The van der Waals surface area contributed by atoms with Gasteiger partial charge in [-0.05, 0) is 36.8 Å². The highest BCUT2D eigenvalue weighted by atomic mass is 32.2. The van der Waals surface area contributed by atoms with E-state index < -0.39 is 15.9 Å². The van der Waals surface area contributed by atoms with Crippen LogP contribution in [0.1, 0.15) is 18.9 Å². The van der Waals surface area contributed by atoms with Gasteiger partial charge in [-0.15, -0.1) is 0 Å². The molecule has 3 rings (SSSR count). The maximum Gasteiger partial charge on any atom is 0.258 e. The van der Waals surface area contributed by atoms with Gasteiger partial charge in [-0.3, -0.25) is 13.9 Å². The lowest BCUT2D eigenvalue weighted by molar-refractivity contribution is -0.119. The van der Waals surface area contributed by atoms with Crippen LogP contribution in [0.3, 0.4) is 0 Å². The quantitative estimate of drug-likeness (QED) is 0.463. The molecule has 0 spiro atoms. The third kappa shape index (κ3) is 5.09. The third-order valence-corrected chi connectivity index (χ3v) is 6.48. The van der Waals surface area contributed by atoms with Crippen LogP contribution in [0.5, 0.6) is 11.5 Å². The van der Waals surface area contributed by atoms with Gasteiger partial charge >= 0.3 is 0 Å². The van der Waals surface area contributed by atoms with E-state index in [4.69, 9.17) is 9.47 Å². The molecule has 0 bridgehead atoms. The number of sulfonamides is 1. The molecular formula is C23H28N4O6S. The van der Waals surface area contributed by atoms with Crippen molar-refractivity contribution < 1.29 is 27.5 Å². The monoisotopic (exact) mass is 488 g/mol. The highest BCUT2D eigenvalue weighted by Gasteiger charge is 2.29. The van der Waals surface area contributed by atoms with E-state index in [1.807, 2.05) is 6.92 Å². The summed E-state index contributed by atoms with van der Waals surface area (Å²) in [4.78, 5) is 24.6. The molecule has 0 saturated carbocycles. The van der Waals surface area contributed by atoms with Crippen molar-refractivity contribution >= 4 is 44.5 Å². The first kappa shape index (κ1) is 24.9. The van der Waals surface area contributed by atoms with Gasteiger partial charge in [-0.1, -0.05) is 6.92 Å². The maximum absolute atomic E-state index is 12.8. The summed E-state index contributed by atoms with van der Waals surface area (Å²) in [5.74, 6) is 0.340. The molecule has 1 aliphatic heterocycles. The van der Waals surface area contributed by atoms with Gasteiger partial charge in [0.05, 0.1) is 37.4 Å². The van der Waals surface area contributed by atoms with Crippen LogP contribution in [0.15, 0.2) is 42.1 Å². The van der Waals surface area contributed by atoms with E-state index in [1.165, 1.54) is 21.3 Å². The van der Waals surface area contributed by atoms with Crippen molar-refractivity contribution in [3.63, 3.8) is 0 Å². The molecule has 11 heteroatoms. The van der Waals surface area contributed by atoms with E-state index >= 15 is 0 Å². The molecule has 0 unspecified atom stereocenters. The number of carbonyl (C=O) groups excluding carboxylic acids is 2. The number of carbonyl (C=O) groups is 2. The minimum atomic E-state index is -3.66. The second-order valence-electron chi connectivity index (χ2n) is 7.53. The van der Waals surface area contributed by atoms with Crippen molar-refractivity contribution in [2.75, 3.05) is 49.0 Å². The third-order valence-electron chi connectivity index (χ3n) is 5.34.